The smallest absolute Gasteiger partial charge is 0.136 e. The summed E-state index contributed by atoms with van der Waals surface area (Å²) in [5.41, 5.74) is 5.43. The van der Waals surface area contributed by atoms with E-state index in [0.29, 0.717) is 0 Å². The van der Waals surface area contributed by atoms with Crippen LogP contribution in [0.2, 0.25) is 25.7 Å². The molecular formula is C6H15NOSi. The average molecular weight is 145 g/mol. The standard InChI is InChI=1S/C6H15NOSi/c1-9(2,3)5-6(7)4-8/h4,6H,5,7H2,1-3H3. The van der Waals surface area contributed by atoms with Crippen molar-refractivity contribution in [2.45, 2.75) is 31.7 Å². The highest BCUT2D eigenvalue weighted by molar-refractivity contribution is 6.76. The molecule has 0 spiro atoms. The van der Waals surface area contributed by atoms with Gasteiger partial charge in [0.15, 0.2) is 0 Å². The Morgan fingerprint density at radius 1 is 1.56 bits per heavy atom. The second-order valence-corrected chi connectivity index (χ2v) is 9.09. The van der Waals surface area contributed by atoms with Crippen LogP contribution in [0.4, 0.5) is 0 Å². The molecule has 0 fully saturated rings. The number of hydrogen-bond acceptors (Lipinski definition) is 2. The van der Waals surface area contributed by atoms with Crippen molar-refractivity contribution in [1.82, 2.24) is 0 Å². The normalized spacial score (nSPS) is 15.1. The van der Waals surface area contributed by atoms with Gasteiger partial charge in [-0.05, 0) is 6.04 Å². The van der Waals surface area contributed by atoms with Crippen molar-refractivity contribution < 1.29 is 4.79 Å². The monoisotopic (exact) mass is 145 g/mol. The molecule has 0 saturated heterocycles. The Bertz CT molecular complexity index is 97.7. The fraction of sp³-hybridized carbons (Fsp3) is 0.833. The van der Waals surface area contributed by atoms with E-state index in [0.717, 1.165) is 12.3 Å². The first-order valence-electron chi connectivity index (χ1n) is 3.16. The molecule has 0 bridgehead atoms. The summed E-state index contributed by atoms with van der Waals surface area (Å²) in [6.07, 6.45) is 0.832. The van der Waals surface area contributed by atoms with Crippen molar-refractivity contribution in [3.63, 3.8) is 0 Å². The minimum absolute atomic E-state index is 0.225. The number of carbonyl (C=O) groups excluding carboxylic acids is 1. The Labute approximate surface area is 57.4 Å². The Morgan fingerprint density at radius 3 is 2.11 bits per heavy atom. The molecule has 2 nitrogen and oxygen atoms in total. The van der Waals surface area contributed by atoms with Crippen molar-refractivity contribution in [2.24, 2.45) is 5.73 Å². The maximum Gasteiger partial charge on any atom is 0.136 e. The highest BCUT2D eigenvalue weighted by atomic mass is 28.3. The Kier molecular flexibility index (Phi) is 3.07. The van der Waals surface area contributed by atoms with Crippen LogP contribution in [0.3, 0.4) is 0 Å². The lowest BCUT2D eigenvalue weighted by Crippen LogP contribution is -2.33. The van der Waals surface area contributed by atoms with Crippen molar-refractivity contribution in [2.75, 3.05) is 0 Å². The second-order valence-electron chi connectivity index (χ2n) is 3.56. The second kappa shape index (κ2) is 3.13. The predicted octanol–water partition coefficient (Wildman–Crippen LogP) is 0.851. The fourth-order valence-corrected chi connectivity index (χ4v) is 2.27. The molecule has 9 heavy (non-hydrogen) atoms. The molecule has 0 aromatic heterocycles. The van der Waals surface area contributed by atoms with Gasteiger partial charge in [0.25, 0.3) is 0 Å². The summed E-state index contributed by atoms with van der Waals surface area (Å²) in [7, 11) is -1.10. The summed E-state index contributed by atoms with van der Waals surface area (Å²) >= 11 is 0. The van der Waals surface area contributed by atoms with Crippen molar-refractivity contribution in [3.05, 3.63) is 0 Å². The molecule has 0 aliphatic heterocycles. The van der Waals surface area contributed by atoms with Crippen LogP contribution in [0.5, 0.6) is 0 Å². The van der Waals surface area contributed by atoms with Crippen LogP contribution in [0.1, 0.15) is 0 Å². The molecule has 0 aromatic carbocycles. The summed E-state index contributed by atoms with van der Waals surface area (Å²) in [6, 6.07) is 0.674. The lowest BCUT2D eigenvalue weighted by molar-refractivity contribution is -0.108. The maximum absolute atomic E-state index is 10.1. The molecule has 3 heteroatoms. The molecule has 1 unspecified atom stereocenters. The first kappa shape index (κ1) is 8.85. The molecule has 0 amide bonds. The molecule has 54 valence electrons. The van der Waals surface area contributed by atoms with Gasteiger partial charge in [0.2, 0.25) is 0 Å². The average Bonchev–Trinajstić information content (AvgIpc) is 1.62. The van der Waals surface area contributed by atoms with E-state index >= 15 is 0 Å². The topological polar surface area (TPSA) is 43.1 Å². The molecule has 0 heterocycles. The molecule has 0 aliphatic carbocycles. The van der Waals surface area contributed by atoms with E-state index in [9.17, 15) is 4.79 Å². The Balaban J connectivity index is 3.59. The first-order chi connectivity index (χ1) is 3.95. The molecule has 0 rings (SSSR count). The van der Waals surface area contributed by atoms with Gasteiger partial charge in [-0.25, -0.2) is 0 Å². The van der Waals surface area contributed by atoms with Crippen molar-refractivity contribution in [1.29, 1.82) is 0 Å². The van der Waals surface area contributed by atoms with Crippen LogP contribution in [0, 0.1) is 0 Å². The number of rotatable bonds is 3. The van der Waals surface area contributed by atoms with E-state index in [4.69, 9.17) is 5.73 Å². The molecule has 0 radical (unpaired) electrons. The molecule has 1 atom stereocenters. The van der Waals surface area contributed by atoms with Crippen molar-refractivity contribution >= 4 is 14.4 Å². The minimum Gasteiger partial charge on any atom is -0.322 e. The predicted molar refractivity (Wildman–Crippen MR) is 42.2 cm³/mol. The first-order valence-corrected chi connectivity index (χ1v) is 6.87. The number of aldehydes is 1. The van der Waals surface area contributed by atoms with Crippen LogP contribution in [0.25, 0.3) is 0 Å². The third-order valence-electron chi connectivity index (χ3n) is 1.02. The molecule has 0 saturated carbocycles. The molecule has 2 N–H and O–H groups in total. The van der Waals surface area contributed by atoms with Gasteiger partial charge < -0.3 is 10.5 Å². The lowest BCUT2D eigenvalue weighted by Gasteiger charge is -2.16. The van der Waals surface area contributed by atoms with E-state index in [1.165, 1.54) is 0 Å². The SMILES string of the molecule is C[Si](C)(C)CC(N)C=O. The zero-order valence-corrected chi connectivity index (χ0v) is 7.35. The van der Waals surface area contributed by atoms with Gasteiger partial charge in [0, 0.05) is 8.07 Å². The highest BCUT2D eigenvalue weighted by Gasteiger charge is 2.16. The van der Waals surface area contributed by atoms with Crippen LogP contribution in [-0.4, -0.2) is 20.4 Å². The minimum atomic E-state index is -1.10. The summed E-state index contributed by atoms with van der Waals surface area (Å²) in [6.45, 7) is 6.61. The van der Waals surface area contributed by atoms with Gasteiger partial charge in [-0.2, -0.15) is 0 Å². The van der Waals surface area contributed by atoms with E-state index in [-0.39, 0.29) is 6.04 Å². The maximum atomic E-state index is 10.1. The third kappa shape index (κ3) is 5.72. The number of nitrogens with two attached hydrogens (primary N) is 1. The van der Waals surface area contributed by atoms with Crippen molar-refractivity contribution in [3.8, 4) is 0 Å². The van der Waals surface area contributed by atoms with E-state index < -0.39 is 8.07 Å². The Hall–Kier alpha value is -0.153. The summed E-state index contributed by atoms with van der Waals surface area (Å²) in [5, 5.41) is 0. The van der Waals surface area contributed by atoms with Gasteiger partial charge in [0.05, 0.1) is 6.04 Å². The molecule has 0 aromatic rings. The third-order valence-corrected chi connectivity index (χ3v) is 2.72. The van der Waals surface area contributed by atoms with E-state index in [1.54, 1.807) is 0 Å². The zero-order valence-electron chi connectivity index (χ0n) is 6.35. The summed E-state index contributed by atoms with van der Waals surface area (Å²) < 4.78 is 0. The van der Waals surface area contributed by atoms with Gasteiger partial charge in [0.1, 0.15) is 6.29 Å². The number of carbonyl (C=O) groups is 1. The van der Waals surface area contributed by atoms with E-state index in [1.807, 2.05) is 0 Å². The number of hydrogen-bond donors (Lipinski definition) is 1. The Morgan fingerprint density at radius 2 is 2.00 bits per heavy atom. The van der Waals surface area contributed by atoms with Crippen LogP contribution >= 0.6 is 0 Å². The summed E-state index contributed by atoms with van der Waals surface area (Å²) in [5.74, 6) is 0. The van der Waals surface area contributed by atoms with Gasteiger partial charge in [-0.1, -0.05) is 19.6 Å². The lowest BCUT2D eigenvalue weighted by atomic mass is 10.4. The molecule has 0 aliphatic rings. The van der Waals surface area contributed by atoms with Crippen LogP contribution < -0.4 is 5.73 Å². The van der Waals surface area contributed by atoms with Gasteiger partial charge in [-0.3, -0.25) is 0 Å². The highest BCUT2D eigenvalue weighted by Crippen LogP contribution is 2.08. The summed E-state index contributed by atoms with van der Waals surface area (Å²) in [4.78, 5) is 10.1. The van der Waals surface area contributed by atoms with E-state index in [2.05, 4.69) is 19.6 Å². The fourth-order valence-electron chi connectivity index (χ4n) is 0.755. The van der Waals surface area contributed by atoms with Gasteiger partial charge in [-0.15, -0.1) is 0 Å². The zero-order chi connectivity index (χ0) is 7.49. The van der Waals surface area contributed by atoms with Crippen LogP contribution in [0.15, 0.2) is 0 Å². The van der Waals surface area contributed by atoms with Gasteiger partial charge >= 0.3 is 0 Å². The largest absolute Gasteiger partial charge is 0.322 e. The van der Waals surface area contributed by atoms with Crippen LogP contribution in [-0.2, 0) is 4.79 Å². The molecular weight excluding hydrogens is 130 g/mol. The quantitative estimate of drug-likeness (QED) is 0.472.